The summed E-state index contributed by atoms with van der Waals surface area (Å²) < 4.78 is 11.0. The summed E-state index contributed by atoms with van der Waals surface area (Å²) in [5, 5.41) is 8.83. The zero-order valence-corrected chi connectivity index (χ0v) is 17.4. The molecule has 2 N–H and O–H groups in total. The number of ether oxygens (including phenoxy) is 2. The van der Waals surface area contributed by atoms with Gasteiger partial charge in [-0.3, -0.25) is 0 Å². The molecular formula is C21H31N3O2S. The van der Waals surface area contributed by atoms with E-state index in [4.69, 9.17) is 14.5 Å². The lowest BCUT2D eigenvalue weighted by atomic mass is 10.1. The monoisotopic (exact) mass is 389 g/mol. The number of rotatable bonds is 11. The molecule has 0 aliphatic rings. The van der Waals surface area contributed by atoms with Gasteiger partial charge in [0.1, 0.15) is 5.75 Å². The average molecular weight is 390 g/mol. The van der Waals surface area contributed by atoms with E-state index < -0.39 is 0 Å². The molecule has 2 aromatic rings. The van der Waals surface area contributed by atoms with E-state index in [0.717, 1.165) is 43.2 Å². The molecular weight excluding hydrogens is 358 g/mol. The van der Waals surface area contributed by atoms with Crippen LogP contribution in [0, 0.1) is 6.92 Å². The highest BCUT2D eigenvalue weighted by Crippen LogP contribution is 2.21. The van der Waals surface area contributed by atoms with Crippen molar-refractivity contribution in [3.8, 4) is 5.75 Å². The number of nitrogens with one attached hydrogen (secondary N) is 2. The van der Waals surface area contributed by atoms with Crippen molar-refractivity contribution >= 4 is 17.3 Å². The molecule has 1 aromatic heterocycles. The normalized spacial score (nSPS) is 11.4. The summed E-state index contributed by atoms with van der Waals surface area (Å²) in [4.78, 5) is 6.11. The van der Waals surface area contributed by atoms with E-state index in [-0.39, 0.29) is 0 Å². The fraction of sp³-hybridized carbons (Fsp3) is 0.476. The molecule has 6 heteroatoms. The number of thiophene rings is 1. The molecule has 2 rings (SSSR count). The highest BCUT2D eigenvalue weighted by molar-refractivity contribution is 7.09. The average Bonchev–Trinajstić information content (AvgIpc) is 3.18. The first-order valence-electron chi connectivity index (χ1n) is 9.48. The standard InChI is InChI=1S/C21H31N3O2S/c1-4-22-21(23-11-10-19-7-5-14-27-19)24-16-18-9-8-17(2)15-20(18)26-13-6-12-25-3/h5,7-9,14-15H,4,6,10-13,16H2,1-3H3,(H2,22,23,24). The van der Waals surface area contributed by atoms with Crippen LogP contribution >= 0.6 is 11.3 Å². The van der Waals surface area contributed by atoms with Crippen molar-refractivity contribution in [2.24, 2.45) is 4.99 Å². The van der Waals surface area contributed by atoms with Gasteiger partial charge < -0.3 is 20.1 Å². The number of nitrogens with zero attached hydrogens (tertiary/aromatic N) is 1. The van der Waals surface area contributed by atoms with Crippen LogP contribution in [0.25, 0.3) is 0 Å². The van der Waals surface area contributed by atoms with Crippen molar-refractivity contribution in [3.05, 3.63) is 51.7 Å². The molecule has 0 atom stereocenters. The fourth-order valence-corrected chi connectivity index (χ4v) is 3.29. The zero-order valence-electron chi connectivity index (χ0n) is 16.6. The summed E-state index contributed by atoms with van der Waals surface area (Å²) in [6.07, 6.45) is 1.88. The Labute approximate surface area is 166 Å². The van der Waals surface area contributed by atoms with Crippen molar-refractivity contribution in [3.63, 3.8) is 0 Å². The third-order valence-corrected chi connectivity index (χ3v) is 4.90. The van der Waals surface area contributed by atoms with Gasteiger partial charge in [-0.05, 0) is 43.3 Å². The van der Waals surface area contributed by atoms with Crippen LogP contribution in [0.4, 0.5) is 0 Å². The Morgan fingerprint density at radius 3 is 2.81 bits per heavy atom. The zero-order chi connectivity index (χ0) is 19.3. The Bertz CT molecular complexity index is 687. The van der Waals surface area contributed by atoms with Crippen LogP contribution < -0.4 is 15.4 Å². The van der Waals surface area contributed by atoms with Gasteiger partial charge in [-0.1, -0.05) is 18.2 Å². The molecule has 0 unspecified atom stereocenters. The minimum atomic E-state index is 0.578. The Morgan fingerprint density at radius 2 is 2.07 bits per heavy atom. The lowest BCUT2D eigenvalue weighted by Crippen LogP contribution is -2.38. The van der Waals surface area contributed by atoms with E-state index >= 15 is 0 Å². The molecule has 0 bridgehead atoms. The maximum atomic E-state index is 5.95. The van der Waals surface area contributed by atoms with Crippen molar-refractivity contribution in [1.29, 1.82) is 0 Å². The molecule has 148 valence electrons. The number of hydrogen-bond donors (Lipinski definition) is 2. The topological polar surface area (TPSA) is 54.9 Å². The van der Waals surface area contributed by atoms with Gasteiger partial charge in [-0.25, -0.2) is 4.99 Å². The second kappa shape index (κ2) is 12.4. The minimum Gasteiger partial charge on any atom is -0.493 e. The number of guanidine groups is 1. The van der Waals surface area contributed by atoms with E-state index in [9.17, 15) is 0 Å². The highest BCUT2D eigenvalue weighted by atomic mass is 32.1. The molecule has 0 fully saturated rings. The van der Waals surface area contributed by atoms with Crippen LogP contribution in [-0.2, 0) is 17.7 Å². The summed E-state index contributed by atoms with van der Waals surface area (Å²) in [5.74, 6) is 1.74. The Kier molecular flexibility index (Phi) is 9.73. The highest BCUT2D eigenvalue weighted by Gasteiger charge is 2.05. The molecule has 5 nitrogen and oxygen atoms in total. The quantitative estimate of drug-likeness (QED) is 0.349. The van der Waals surface area contributed by atoms with E-state index in [2.05, 4.69) is 60.2 Å². The SMILES string of the molecule is CCNC(=NCc1ccc(C)cc1OCCCOC)NCCc1cccs1. The van der Waals surface area contributed by atoms with Crippen LogP contribution in [-0.4, -0.2) is 39.4 Å². The Hall–Kier alpha value is -2.05. The van der Waals surface area contributed by atoms with Crippen LogP contribution in [0.1, 0.15) is 29.3 Å². The van der Waals surface area contributed by atoms with Gasteiger partial charge >= 0.3 is 0 Å². The number of aliphatic imine (C=N–C) groups is 1. The Balaban J connectivity index is 1.94. The molecule has 0 saturated heterocycles. The summed E-state index contributed by atoms with van der Waals surface area (Å²) >= 11 is 1.79. The van der Waals surface area contributed by atoms with Crippen molar-refractivity contribution < 1.29 is 9.47 Å². The minimum absolute atomic E-state index is 0.578. The largest absolute Gasteiger partial charge is 0.493 e. The Morgan fingerprint density at radius 1 is 1.19 bits per heavy atom. The van der Waals surface area contributed by atoms with Gasteiger partial charge in [0.15, 0.2) is 5.96 Å². The van der Waals surface area contributed by atoms with Gasteiger partial charge in [0.2, 0.25) is 0 Å². The lowest BCUT2D eigenvalue weighted by molar-refractivity contribution is 0.172. The third-order valence-electron chi connectivity index (χ3n) is 3.97. The second-order valence-electron chi connectivity index (χ2n) is 6.26. The molecule has 0 aliphatic carbocycles. The number of hydrogen-bond acceptors (Lipinski definition) is 4. The number of aryl methyl sites for hydroxylation is 1. The second-order valence-corrected chi connectivity index (χ2v) is 7.29. The van der Waals surface area contributed by atoms with Gasteiger partial charge in [0.05, 0.1) is 13.2 Å². The molecule has 0 amide bonds. The van der Waals surface area contributed by atoms with Gasteiger partial charge in [-0.2, -0.15) is 0 Å². The molecule has 0 aliphatic heterocycles. The van der Waals surface area contributed by atoms with E-state index in [1.165, 1.54) is 10.4 Å². The molecule has 1 aromatic carbocycles. The van der Waals surface area contributed by atoms with Crippen LogP contribution in [0.2, 0.25) is 0 Å². The smallest absolute Gasteiger partial charge is 0.191 e. The first-order chi connectivity index (χ1) is 13.2. The molecule has 0 saturated carbocycles. The summed E-state index contributed by atoms with van der Waals surface area (Å²) in [5.41, 5.74) is 2.28. The van der Waals surface area contributed by atoms with Gasteiger partial charge in [-0.15, -0.1) is 11.3 Å². The number of methoxy groups -OCH3 is 1. The van der Waals surface area contributed by atoms with Crippen molar-refractivity contribution in [1.82, 2.24) is 10.6 Å². The molecule has 0 spiro atoms. The molecule has 27 heavy (non-hydrogen) atoms. The van der Waals surface area contributed by atoms with Crippen LogP contribution in [0.3, 0.4) is 0 Å². The third kappa shape index (κ3) is 8.01. The summed E-state index contributed by atoms with van der Waals surface area (Å²) in [6.45, 7) is 7.77. The van der Waals surface area contributed by atoms with E-state index in [1.54, 1.807) is 18.4 Å². The lowest BCUT2D eigenvalue weighted by Gasteiger charge is -2.13. The summed E-state index contributed by atoms with van der Waals surface area (Å²) in [6, 6.07) is 10.5. The predicted octanol–water partition coefficient (Wildman–Crippen LogP) is 3.77. The maximum Gasteiger partial charge on any atom is 0.191 e. The van der Waals surface area contributed by atoms with E-state index in [1.807, 2.05) is 0 Å². The van der Waals surface area contributed by atoms with Crippen LogP contribution in [0.15, 0.2) is 40.7 Å². The summed E-state index contributed by atoms with van der Waals surface area (Å²) in [7, 11) is 1.71. The molecule has 1 heterocycles. The first kappa shape index (κ1) is 21.3. The van der Waals surface area contributed by atoms with E-state index in [0.29, 0.717) is 19.8 Å². The predicted molar refractivity (Wildman–Crippen MR) is 114 cm³/mol. The van der Waals surface area contributed by atoms with Crippen LogP contribution in [0.5, 0.6) is 5.75 Å². The van der Waals surface area contributed by atoms with Crippen molar-refractivity contribution in [2.75, 3.05) is 33.4 Å². The molecule has 0 radical (unpaired) electrons. The van der Waals surface area contributed by atoms with Gasteiger partial charge in [0.25, 0.3) is 0 Å². The maximum absolute atomic E-state index is 5.95. The van der Waals surface area contributed by atoms with Gasteiger partial charge in [0, 0.05) is 43.7 Å². The van der Waals surface area contributed by atoms with Crippen molar-refractivity contribution in [2.45, 2.75) is 33.2 Å². The fourth-order valence-electron chi connectivity index (χ4n) is 2.58. The number of benzene rings is 1. The first-order valence-corrected chi connectivity index (χ1v) is 10.4.